The molecule has 4 heteroatoms. The predicted molar refractivity (Wildman–Crippen MR) is 64.6 cm³/mol. The van der Waals surface area contributed by atoms with Gasteiger partial charge in [0.25, 0.3) is 5.91 Å². The molecule has 0 fully saturated rings. The van der Waals surface area contributed by atoms with Crippen molar-refractivity contribution in [3.63, 3.8) is 0 Å². The molecule has 0 unspecified atom stereocenters. The highest BCUT2D eigenvalue weighted by Crippen LogP contribution is 2.23. The molecule has 1 aromatic rings. The Morgan fingerprint density at radius 2 is 2.19 bits per heavy atom. The summed E-state index contributed by atoms with van der Waals surface area (Å²) in [5.74, 6) is 0.440. The Bertz CT molecular complexity index is 375. The molecule has 88 valence electrons. The van der Waals surface area contributed by atoms with Crippen molar-refractivity contribution in [2.45, 2.75) is 26.9 Å². The van der Waals surface area contributed by atoms with Gasteiger partial charge in [0.05, 0.1) is 11.8 Å². The Balaban J connectivity index is 2.93. The van der Waals surface area contributed by atoms with Crippen LogP contribution in [0.2, 0.25) is 0 Å². The number of carbonyl (C=O) groups excluding carboxylic acids is 1. The predicted octanol–water partition coefficient (Wildman–Crippen LogP) is 1.81. The fraction of sp³-hybridized carbons (Fsp3) is 0.417. The highest BCUT2D eigenvalue weighted by Gasteiger charge is 2.09. The average Bonchev–Trinajstić information content (AvgIpc) is 2.21. The maximum Gasteiger partial charge on any atom is 0.251 e. The molecule has 1 aromatic carbocycles. The molecule has 0 aliphatic carbocycles. The van der Waals surface area contributed by atoms with Gasteiger partial charge in [0.2, 0.25) is 0 Å². The number of nitrogens with two attached hydrogens (primary N) is 1. The summed E-state index contributed by atoms with van der Waals surface area (Å²) in [6.07, 6.45) is 0.0341. The van der Waals surface area contributed by atoms with E-state index in [4.69, 9.17) is 10.5 Å². The second-order valence-electron chi connectivity index (χ2n) is 3.78. The number of carbonyl (C=O) groups is 1. The topological polar surface area (TPSA) is 64.4 Å². The van der Waals surface area contributed by atoms with E-state index < -0.39 is 0 Å². The number of anilines is 1. The summed E-state index contributed by atoms with van der Waals surface area (Å²) in [7, 11) is 0. The van der Waals surface area contributed by atoms with E-state index in [1.165, 1.54) is 0 Å². The highest BCUT2D eigenvalue weighted by molar-refractivity contribution is 5.95. The van der Waals surface area contributed by atoms with E-state index in [0.717, 1.165) is 0 Å². The van der Waals surface area contributed by atoms with Gasteiger partial charge in [0.15, 0.2) is 0 Å². The van der Waals surface area contributed by atoms with Gasteiger partial charge in [0.1, 0.15) is 5.75 Å². The van der Waals surface area contributed by atoms with Gasteiger partial charge in [-0.1, -0.05) is 0 Å². The van der Waals surface area contributed by atoms with E-state index in [1.54, 1.807) is 18.2 Å². The SMILES string of the molecule is CCNC(=O)c1ccc(N)c(OC(C)C)c1. The molecule has 4 nitrogen and oxygen atoms in total. The second-order valence-corrected chi connectivity index (χ2v) is 3.78. The zero-order valence-electron chi connectivity index (χ0n) is 9.91. The third-order valence-corrected chi connectivity index (χ3v) is 1.98. The minimum atomic E-state index is -0.115. The molecule has 1 amide bonds. The summed E-state index contributed by atoms with van der Waals surface area (Å²) in [5, 5.41) is 2.73. The Labute approximate surface area is 95.8 Å². The van der Waals surface area contributed by atoms with Crippen LogP contribution in [0.5, 0.6) is 5.75 Å². The molecule has 0 atom stereocenters. The van der Waals surface area contributed by atoms with Gasteiger partial charge in [-0.05, 0) is 39.0 Å². The van der Waals surface area contributed by atoms with Gasteiger partial charge in [-0.2, -0.15) is 0 Å². The second kappa shape index (κ2) is 5.39. The Hall–Kier alpha value is -1.71. The summed E-state index contributed by atoms with van der Waals surface area (Å²) < 4.78 is 5.51. The number of hydrogen-bond acceptors (Lipinski definition) is 3. The number of hydrogen-bond donors (Lipinski definition) is 2. The molecule has 0 radical (unpaired) electrons. The van der Waals surface area contributed by atoms with Crippen LogP contribution in [0.4, 0.5) is 5.69 Å². The van der Waals surface area contributed by atoms with Crippen molar-refractivity contribution in [3.05, 3.63) is 23.8 Å². The van der Waals surface area contributed by atoms with Crippen LogP contribution in [0.3, 0.4) is 0 Å². The minimum Gasteiger partial charge on any atom is -0.489 e. The van der Waals surface area contributed by atoms with Crippen LogP contribution in [-0.4, -0.2) is 18.6 Å². The summed E-state index contributed by atoms with van der Waals surface area (Å²) in [5.41, 5.74) is 6.86. The van der Waals surface area contributed by atoms with E-state index in [1.807, 2.05) is 20.8 Å². The van der Waals surface area contributed by atoms with Crippen LogP contribution in [0.15, 0.2) is 18.2 Å². The molecule has 1 rings (SSSR count). The number of rotatable bonds is 4. The zero-order valence-corrected chi connectivity index (χ0v) is 9.91. The number of nitrogens with one attached hydrogen (secondary N) is 1. The van der Waals surface area contributed by atoms with Crippen LogP contribution < -0.4 is 15.8 Å². The van der Waals surface area contributed by atoms with E-state index in [0.29, 0.717) is 23.5 Å². The molecule has 0 spiro atoms. The zero-order chi connectivity index (χ0) is 12.1. The van der Waals surface area contributed by atoms with Crippen molar-refractivity contribution in [2.75, 3.05) is 12.3 Å². The first-order chi connectivity index (χ1) is 7.54. The summed E-state index contributed by atoms with van der Waals surface area (Å²) in [6, 6.07) is 5.04. The van der Waals surface area contributed by atoms with E-state index in [2.05, 4.69) is 5.32 Å². The van der Waals surface area contributed by atoms with E-state index in [9.17, 15) is 4.79 Å². The van der Waals surface area contributed by atoms with Crippen LogP contribution >= 0.6 is 0 Å². The lowest BCUT2D eigenvalue weighted by Crippen LogP contribution is -2.22. The number of benzene rings is 1. The fourth-order valence-corrected chi connectivity index (χ4v) is 1.29. The van der Waals surface area contributed by atoms with Crippen LogP contribution in [0, 0.1) is 0 Å². The fourth-order valence-electron chi connectivity index (χ4n) is 1.29. The van der Waals surface area contributed by atoms with Crippen molar-refractivity contribution >= 4 is 11.6 Å². The highest BCUT2D eigenvalue weighted by atomic mass is 16.5. The molecule has 0 aromatic heterocycles. The van der Waals surface area contributed by atoms with Crippen molar-refractivity contribution < 1.29 is 9.53 Å². The minimum absolute atomic E-state index is 0.0341. The lowest BCUT2D eigenvalue weighted by Gasteiger charge is -2.13. The first-order valence-electron chi connectivity index (χ1n) is 5.39. The van der Waals surface area contributed by atoms with Crippen molar-refractivity contribution in [1.82, 2.24) is 5.32 Å². The third kappa shape index (κ3) is 3.15. The molecule has 0 heterocycles. The van der Waals surface area contributed by atoms with Gasteiger partial charge in [-0.3, -0.25) is 4.79 Å². The summed E-state index contributed by atoms with van der Waals surface area (Å²) >= 11 is 0. The molecule has 0 saturated carbocycles. The maximum absolute atomic E-state index is 11.6. The summed E-state index contributed by atoms with van der Waals surface area (Å²) in [6.45, 7) is 6.31. The average molecular weight is 222 g/mol. The molecular formula is C12H18N2O2. The first kappa shape index (κ1) is 12.4. The van der Waals surface area contributed by atoms with Gasteiger partial charge in [-0.25, -0.2) is 0 Å². The number of amides is 1. The monoisotopic (exact) mass is 222 g/mol. The normalized spacial score (nSPS) is 10.2. The Kier molecular flexibility index (Phi) is 4.17. The van der Waals surface area contributed by atoms with Crippen LogP contribution in [0.1, 0.15) is 31.1 Å². The van der Waals surface area contributed by atoms with Gasteiger partial charge >= 0.3 is 0 Å². The molecule has 0 aliphatic rings. The third-order valence-electron chi connectivity index (χ3n) is 1.98. The maximum atomic E-state index is 11.6. The van der Waals surface area contributed by atoms with E-state index in [-0.39, 0.29) is 12.0 Å². The van der Waals surface area contributed by atoms with Crippen molar-refractivity contribution in [3.8, 4) is 5.75 Å². The van der Waals surface area contributed by atoms with Gasteiger partial charge < -0.3 is 15.8 Å². The Morgan fingerprint density at radius 3 is 2.75 bits per heavy atom. The number of nitrogen functional groups attached to an aromatic ring is 1. The van der Waals surface area contributed by atoms with Crippen molar-refractivity contribution in [2.24, 2.45) is 0 Å². The molecule has 0 aliphatic heterocycles. The molecule has 3 N–H and O–H groups in total. The first-order valence-corrected chi connectivity index (χ1v) is 5.39. The largest absolute Gasteiger partial charge is 0.489 e. The molecular weight excluding hydrogens is 204 g/mol. The number of ether oxygens (including phenoxy) is 1. The van der Waals surface area contributed by atoms with Gasteiger partial charge in [0, 0.05) is 12.1 Å². The molecule has 0 bridgehead atoms. The molecule has 0 saturated heterocycles. The van der Waals surface area contributed by atoms with E-state index >= 15 is 0 Å². The Morgan fingerprint density at radius 1 is 1.50 bits per heavy atom. The van der Waals surface area contributed by atoms with Crippen LogP contribution in [-0.2, 0) is 0 Å². The quantitative estimate of drug-likeness (QED) is 0.763. The van der Waals surface area contributed by atoms with Gasteiger partial charge in [-0.15, -0.1) is 0 Å². The standard InChI is InChI=1S/C12H18N2O2/c1-4-14-12(15)9-5-6-10(13)11(7-9)16-8(2)3/h5-8H,4,13H2,1-3H3,(H,14,15). The van der Waals surface area contributed by atoms with Crippen LogP contribution in [0.25, 0.3) is 0 Å². The lowest BCUT2D eigenvalue weighted by molar-refractivity contribution is 0.0955. The lowest BCUT2D eigenvalue weighted by atomic mass is 10.1. The summed E-state index contributed by atoms with van der Waals surface area (Å²) in [4.78, 5) is 11.6. The smallest absolute Gasteiger partial charge is 0.251 e. The molecule has 16 heavy (non-hydrogen) atoms. The van der Waals surface area contributed by atoms with Crippen molar-refractivity contribution in [1.29, 1.82) is 0 Å².